The van der Waals surface area contributed by atoms with E-state index < -0.39 is 0 Å². The molecule has 3 heteroatoms. The molecule has 0 aliphatic rings. The fourth-order valence-electron chi connectivity index (χ4n) is 1.27. The molecule has 15 heavy (non-hydrogen) atoms. The van der Waals surface area contributed by atoms with Gasteiger partial charge in [-0.15, -0.1) is 0 Å². The summed E-state index contributed by atoms with van der Waals surface area (Å²) in [6.45, 7) is 0.837. The zero-order valence-corrected chi connectivity index (χ0v) is 11.3. The molecule has 0 spiro atoms. The predicted molar refractivity (Wildman–Crippen MR) is 71.0 cm³/mol. The molecule has 82 valence electrons. The predicted octanol–water partition coefficient (Wildman–Crippen LogP) is 2.35. The minimum Gasteiger partial charge on any atom is -0.309 e. The Balaban J connectivity index is 2.41. The summed E-state index contributed by atoms with van der Waals surface area (Å²) in [5.41, 5.74) is 1.11. The summed E-state index contributed by atoms with van der Waals surface area (Å²) in [6.07, 6.45) is 1.20. The minimum absolute atomic E-state index is 0.310. The molecule has 0 saturated heterocycles. The molecule has 1 aromatic rings. The number of Topliss-reactive ketones (excluding diaryl/α,β-unsaturated/α-hetero) is 1. The second-order valence-corrected chi connectivity index (χ2v) is 5.14. The van der Waals surface area contributed by atoms with Gasteiger partial charge < -0.3 is 4.90 Å². The van der Waals surface area contributed by atoms with Crippen LogP contribution in [0, 0.1) is 3.57 Å². The van der Waals surface area contributed by atoms with Crippen molar-refractivity contribution in [1.82, 2.24) is 4.90 Å². The molecule has 0 fully saturated rings. The zero-order valence-electron chi connectivity index (χ0n) is 9.16. The molecule has 0 amide bonds. The molecule has 0 radical (unpaired) electrons. The van der Waals surface area contributed by atoms with E-state index >= 15 is 0 Å². The van der Waals surface area contributed by atoms with Gasteiger partial charge in [-0.2, -0.15) is 0 Å². The highest BCUT2D eigenvalue weighted by Gasteiger charge is 2.04. The lowest BCUT2D eigenvalue weighted by atomic mass is 10.1. The van der Waals surface area contributed by atoms with E-state index in [9.17, 15) is 4.79 Å². The molecule has 0 aliphatic carbocycles. The average Bonchev–Trinajstić information content (AvgIpc) is 2.19. The fraction of sp³-hybridized carbons (Fsp3) is 0.417. The number of hydrogen-bond acceptors (Lipinski definition) is 2. The SMILES string of the molecule is CN(C)CCC(=O)Cc1ccc(I)cc1. The molecule has 0 N–H and O–H groups in total. The molecule has 0 unspecified atom stereocenters. The van der Waals surface area contributed by atoms with Crippen LogP contribution in [0.2, 0.25) is 0 Å². The second-order valence-electron chi connectivity index (χ2n) is 3.90. The molecule has 0 aromatic heterocycles. The lowest BCUT2D eigenvalue weighted by Gasteiger charge is -2.08. The monoisotopic (exact) mass is 317 g/mol. The van der Waals surface area contributed by atoms with Crippen molar-refractivity contribution >= 4 is 28.4 Å². The minimum atomic E-state index is 0.310. The van der Waals surface area contributed by atoms with E-state index in [0.717, 1.165) is 12.1 Å². The van der Waals surface area contributed by atoms with Crippen molar-refractivity contribution in [3.8, 4) is 0 Å². The van der Waals surface area contributed by atoms with E-state index in [-0.39, 0.29) is 0 Å². The Hall–Kier alpha value is -0.420. The zero-order chi connectivity index (χ0) is 11.3. The molecule has 1 aromatic carbocycles. The molecular formula is C12H16INO. The number of benzene rings is 1. The van der Waals surface area contributed by atoms with E-state index in [4.69, 9.17) is 0 Å². The Labute approximate surface area is 105 Å². The number of ketones is 1. The van der Waals surface area contributed by atoms with Gasteiger partial charge in [0.05, 0.1) is 0 Å². The quantitative estimate of drug-likeness (QED) is 0.777. The standard InChI is InChI=1S/C12H16INO/c1-14(2)8-7-12(15)9-10-3-5-11(13)6-4-10/h3-6H,7-9H2,1-2H3. The topological polar surface area (TPSA) is 20.3 Å². The molecule has 1 rings (SSSR count). The number of rotatable bonds is 5. The van der Waals surface area contributed by atoms with Gasteiger partial charge in [0.25, 0.3) is 0 Å². The van der Waals surface area contributed by atoms with Crippen LogP contribution in [0.1, 0.15) is 12.0 Å². The van der Waals surface area contributed by atoms with Gasteiger partial charge in [-0.3, -0.25) is 4.79 Å². The summed E-state index contributed by atoms with van der Waals surface area (Å²) in [5.74, 6) is 0.310. The highest BCUT2D eigenvalue weighted by Crippen LogP contribution is 2.08. The van der Waals surface area contributed by atoms with Gasteiger partial charge >= 0.3 is 0 Å². The summed E-state index contributed by atoms with van der Waals surface area (Å²) in [5, 5.41) is 0. The Morgan fingerprint density at radius 1 is 1.27 bits per heavy atom. The first-order valence-corrected chi connectivity index (χ1v) is 6.06. The van der Waals surface area contributed by atoms with Crippen LogP contribution in [0.4, 0.5) is 0 Å². The Morgan fingerprint density at radius 2 is 1.87 bits per heavy atom. The van der Waals surface area contributed by atoms with Crippen molar-refractivity contribution in [2.24, 2.45) is 0 Å². The van der Waals surface area contributed by atoms with Crippen LogP contribution in [0.25, 0.3) is 0 Å². The number of halogens is 1. The highest BCUT2D eigenvalue weighted by molar-refractivity contribution is 14.1. The molecule has 0 atom stereocenters. The van der Waals surface area contributed by atoms with E-state index in [1.165, 1.54) is 3.57 Å². The van der Waals surface area contributed by atoms with Crippen LogP contribution in [0.5, 0.6) is 0 Å². The van der Waals surface area contributed by atoms with Crippen molar-refractivity contribution < 1.29 is 4.79 Å². The van der Waals surface area contributed by atoms with Crippen LogP contribution >= 0.6 is 22.6 Å². The van der Waals surface area contributed by atoms with Gasteiger partial charge in [-0.05, 0) is 54.4 Å². The van der Waals surface area contributed by atoms with E-state index in [1.807, 2.05) is 43.3 Å². The molecule has 0 bridgehead atoms. The van der Waals surface area contributed by atoms with Crippen molar-refractivity contribution in [2.45, 2.75) is 12.8 Å². The van der Waals surface area contributed by atoms with Crippen LogP contribution in [-0.2, 0) is 11.2 Å². The van der Waals surface area contributed by atoms with Gasteiger partial charge in [0.1, 0.15) is 5.78 Å². The largest absolute Gasteiger partial charge is 0.309 e. The average molecular weight is 317 g/mol. The third-order valence-corrected chi connectivity index (χ3v) is 2.87. The molecule has 0 aliphatic heterocycles. The van der Waals surface area contributed by atoms with Crippen molar-refractivity contribution in [3.63, 3.8) is 0 Å². The van der Waals surface area contributed by atoms with Crippen molar-refractivity contribution in [3.05, 3.63) is 33.4 Å². The van der Waals surface area contributed by atoms with Crippen LogP contribution in [-0.4, -0.2) is 31.3 Å². The molecule has 0 saturated carbocycles. The number of carbonyl (C=O) groups excluding carboxylic acids is 1. The number of hydrogen-bond donors (Lipinski definition) is 0. The number of carbonyl (C=O) groups is 1. The lowest BCUT2D eigenvalue weighted by molar-refractivity contribution is -0.118. The Bertz CT molecular complexity index is 319. The molecule has 0 heterocycles. The summed E-state index contributed by atoms with van der Waals surface area (Å²) in [7, 11) is 3.97. The van der Waals surface area contributed by atoms with Gasteiger partial charge in [0.2, 0.25) is 0 Å². The Morgan fingerprint density at radius 3 is 2.40 bits per heavy atom. The first kappa shape index (κ1) is 12.6. The maximum Gasteiger partial charge on any atom is 0.138 e. The first-order valence-electron chi connectivity index (χ1n) is 4.99. The lowest BCUT2D eigenvalue weighted by Crippen LogP contribution is -2.17. The molecule has 2 nitrogen and oxygen atoms in total. The maximum absolute atomic E-state index is 11.6. The van der Waals surface area contributed by atoms with Gasteiger partial charge in [-0.25, -0.2) is 0 Å². The maximum atomic E-state index is 11.6. The summed E-state index contributed by atoms with van der Waals surface area (Å²) in [6, 6.07) is 8.12. The third kappa shape index (κ3) is 5.28. The normalized spacial score (nSPS) is 10.7. The van der Waals surface area contributed by atoms with E-state index in [0.29, 0.717) is 18.6 Å². The van der Waals surface area contributed by atoms with Crippen molar-refractivity contribution in [2.75, 3.05) is 20.6 Å². The van der Waals surface area contributed by atoms with Gasteiger partial charge in [-0.1, -0.05) is 12.1 Å². The smallest absolute Gasteiger partial charge is 0.138 e. The van der Waals surface area contributed by atoms with Crippen LogP contribution < -0.4 is 0 Å². The third-order valence-electron chi connectivity index (χ3n) is 2.15. The van der Waals surface area contributed by atoms with E-state index in [1.54, 1.807) is 0 Å². The van der Waals surface area contributed by atoms with E-state index in [2.05, 4.69) is 22.6 Å². The van der Waals surface area contributed by atoms with Gasteiger partial charge in [0, 0.05) is 23.0 Å². The number of nitrogens with zero attached hydrogens (tertiary/aromatic N) is 1. The Kier molecular flexibility index (Phi) is 5.25. The highest BCUT2D eigenvalue weighted by atomic mass is 127. The fourth-order valence-corrected chi connectivity index (χ4v) is 1.63. The molecular weight excluding hydrogens is 301 g/mol. The van der Waals surface area contributed by atoms with Crippen molar-refractivity contribution in [1.29, 1.82) is 0 Å². The second kappa shape index (κ2) is 6.23. The summed E-state index contributed by atoms with van der Waals surface area (Å²) in [4.78, 5) is 13.6. The summed E-state index contributed by atoms with van der Waals surface area (Å²) < 4.78 is 1.21. The van der Waals surface area contributed by atoms with Gasteiger partial charge in [0.15, 0.2) is 0 Å². The van der Waals surface area contributed by atoms with Crippen LogP contribution in [0.3, 0.4) is 0 Å². The van der Waals surface area contributed by atoms with Crippen LogP contribution in [0.15, 0.2) is 24.3 Å². The first-order chi connectivity index (χ1) is 7.08. The summed E-state index contributed by atoms with van der Waals surface area (Å²) >= 11 is 2.26.